The van der Waals surface area contributed by atoms with Gasteiger partial charge in [0.15, 0.2) is 0 Å². The number of benzene rings is 1. The summed E-state index contributed by atoms with van der Waals surface area (Å²) in [5.41, 5.74) is 1.33. The average molecular weight is 378 g/mol. The van der Waals surface area contributed by atoms with Crippen LogP contribution in [0.15, 0.2) is 22.7 Å². The van der Waals surface area contributed by atoms with E-state index in [1.54, 1.807) is 18.2 Å². The topological polar surface area (TPSA) is 57.8 Å². The van der Waals surface area contributed by atoms with Crippen LogP contribution in [-0.4, -0.2) is 22.1 Å². The van der Waals surface area contributed by atoms with Gasteiger partial charge in [-0.25, -0.2) is 4.98 Å². The van der Waals surface area contributed by atoms with Crippen LogP contribution in [-0.2, 0) is 4.79 Å². The van der Waals surface area contributed by atoms with Crippen LogP contribution in [0.5, 0.6) is 0 Å². The number of nitrogens with one attached hydrogen (secondary N) is 2. The van der Waals surface area contributed by atoms with Gasteiger partial charge in [0, 0.05) is 4.47 Å². The maximum Gasteiger partial charge on any atom is 0.471 e. The van der Waals surface area contributed by atoms with Crippen LogP contribution in [0.4, 0.5) is 13.2 Å². The first-order chi connectivity index (χ1) is 10.2. The van der Waals surface area contributed by atoms with E-state index in [9.17, 15) is 18.0 Å². The molecule has 1 amide bonds. The van der Waals surface area contributed by atoms with Crippen molar-refractivity contribution in [2.75, 3.05) is 0 Å². The summed E-state index contributed by atoms with van der Waals surface area (Å²) >= 11 is 3.32. The van der Waals surface area contributed by atoms with E-state index in [4.69, 9.17) is 0 Å². The van der Waals surface area contributed by atoms with E-state index in [2.05, 4.69) is 25.9 Å². The molecule has 0 spiro atoms. The molecular formula is C14H15BrF3N3O. The smallest absolute Gasteiger partial charge is 0.340 e. The van der Waals surface area contributed by atoms with Crippen LogP contribution >= 0.6 is 15.9 Å². The second-order valence-electron chi connectivity index (χ2n) is 5.44. The molecule has 120 valence electrons. The van der Waals surface area contributed by atoms with Gasteiger partial charge in [-0.05, 0) is 30.5 Å². The molecule has 0 saturated carbocycles. The van der Waals surface area contributed by atoms with Gasteiger partial charge in [0.05, 0.1) is 17.1 Å². The largest absolute Gasteiger partial charge is 0.471 e. The lowest BCUT2D eigenvalue weighted by Crippen LogP contribution is -2.39. The SMILES string of the molecule is CC(C)C[C@@H](NC(=O)C(F)(F)F)c1nc2ccc(Br)cc2[nH]1. The molecule has 0 saturated heterocycles. The number of H-pyrrole nitrogens is 1. The van der Waals surface area contributed by atoms with Crippen LogP contribution in [0.1, 0.15) is 32.1 Å². The zero-order valence-electron chi connectivity index (χ0n) is 12.0. The number of carbonyl (C=O) groups is 1. The molecule has 0 bridgehead atoms. The number of nitrogens with zero attached hydrogens (tertiary/aromatic N) is 1. The number of amides is 1. The Hall–Kier alpha value is -1.57. The molecule has 1 heterocycles. The lowest BCUT2D eigenvalue weighted by atomic mass is 10.0. The first-order valence-electron chi connectivity index (χ1n) is 6.69. The number of hydrogen-bond donors (Lipinski definition) is 2. The maximum absolute atomic E-state index is 12.5. The molecule has 4 nitrogen and oxygen atoms in total. The summed E-state index contributed by atoms with van der Waals surface area (Å²) in [5.74, 6) is -1.54. The highest BCUT2D eigenvalue weighted by Gasteiger charge is 2.40. The summed E-state index contributed by atoms with van der Waals surface area (Å²) in [6.45, 7) is 3.73. The molecule has 0 radical (unpaired) electrons. The highest BCUT2D eigenvalue weighted by Crippen LogP contribution is 2.25. The molecule has 0 aliphatic heterocycles. The Bertz CT molecular complexity index is 682. The van der Waals surface area contributed by atoms with Crippen molar-refractivity contribution >= 4 is 32.9 Å². The molecule has 1 aromatic carbocycles. The third-order valence-electron chi connectivity index (χ3n) is 3.06. The zero-order valence-corrected chi connectivity index (χ0v) is 13.5. The third kappa shape index (κ3) is 4.00. The Balaban J connectivity index is 2.32. The van der Waals surface area contributed by atoms with E-state index >= 15 is 0 Å². The summed E-state index contributed by atoms with van der Waals surface area (Å²) < 4.78 is 38.2. The standard InChI is InChI=1S/C14H15BrF3N3O/c1-7(2)5-11(21-13(22)14(16,17)18)12-19-9-4-3-8(15)6-10(9)20-12/h3-4,6-7,11H,5H2,1-2H3,(H,19,20)(H,21,22)/t11-/m1/s1. The highest BCUT2D eigenvalue weighted by molar-refractivity contribution is 9.10. The lowest BCUT2D eigenvalue weighted by Gasteiger charge is -2.19. The van der Waals surface area contributed by atoms with Gasteiger partial charge in [-0.2, -0.15) is 13.2 Å². The van der Waals surface area contributed by atoms with Crippen LogP contribution in [0.25, 0.3) is 11.0 Å². The van der Waals surface area contributed by atoms with Crippen LogP contribution in [0.3, 0.4) is 0 Å². The van der Waals surface area contributed by atoms with Gasteiger partial charge in [0.1, 0.15) is 5.82 Å². The summed E-state index contributed by atoms with van der Waals surface area (Å²) in [6.07, 6.45) is -4.56. The normalized spacial score (nSPS) is 13.6. The summed E-state index contributed by atoms with van der Waals surface area (Å²) in [4.78, 5) is 18.5. The molecule has 0 aliphatic rings. The van der Waals surface area contributed by atoms with Crippen LogP contribution in [0.2, 0.25) is 0 Å². The number of aromatic nitrogens is 2. The average Bonchev–Trinajstić information content (AvgIpc) is 2.78. The van der Waals surface area contributed by atoms with Crippen molar-refractivity contribution < 1.29 is 18.0 Å². The predicted octanol–water partition coefficient (Wildman–Crippen LogP) is 4.09. The van der Waals surface area contributed by atoms with Gasteiger partial charge >= 0.3 is 12.1 Å². The Labute approximate surface area is 133 Å². The van der Waals surface area contributed by atoms with Gasteiger partial charge in [0.2, 0.25) is 0 Å². The molecule has 8 heteroatoms. The fraction of sp³-hybridized carbons (Fsp3) is 0.429. The van der Waals surface area contributed by atoms with E-state index < -0.39 is 18.1 Å². The minimum absolute atomic E-state index is 0.0958. The van der Waals surface area contributed by atoms with E-state index in [0.717, 1.165) is 4.47 Å². The van der Waals surface area contributed by atoms with Gasteiger partial charge in [-0.3, -0.25) is 4.79 Å². The monoisotopic (exact) mass is 377 g/mol. The van der Waals surface area contributed by atoms with Crippen molar-refractivity contribution in [3.63, 3.8) is 0 Å². The molecule has 0 aliphatic carbocycles. The number of alkyl halides is 3. The number of halogens is 4. The van der Waals surface area contributed by atoms with Crippen LogP contribution < -0.4 is 5.32 Å². The first kappa shape index (κ1) is 16.8. The van der Waals surface area contributed by atoms with E-state index in [1.165, 1.54) is 0 Å². The number of fused-ring (bicyclic) bond motifs is 1. The van der Waals surface area contributed by atoms with Crippen molar-refractivity contribution in [2.24, 2.45) is 5.92 Å². The maximum atomic E-state index is 12.5. The number of hydrogen-bond acceptors (Lipinski definition) is 2. The number of aromatic amines is 1. The molecular weight excluding hydrogens is 363 g/mol. The molecule has 1 aromatic heterocycles. The van der Waals surface area contributed by atoms with Crippen molar-refractivity contribution in [1.29, 1.82) is 0 Å². The Morgan fingerprint density at radius 2 is 2.09 bits per heavy atom. The predicted molar refractivity (Wildman–Crippen MR) is 80.2 cm³/mol. The van der Waals surface area contributed by atoms with E-state index in [1.807, 2.05) is 19.2 Å². The van der Waals surface area contributed by atoms with E-state index in [0.29, 0.717) is 23.3 Å². The highest BCUT2D eigenvalue weighted by atomic mass is 79.9. The minimum atomic E-state index is -4.91. The van der Waals surface area contributed by atoms with Crippen molar-refractivity contribution in [1.82, 2.24) is 15.3 Å². The second kappa shape index (κ2) is 6.28. The third-order valence-corrected chi connectivity index (χ3v) is 3.56. The molecule has 2 aromatic rings. The Kier molecular flexibility index (Phi) is 4.79. The van der Waals surface area contributed by atoms with Gasteiger partial charge < -0.3 is 10.3 Å². The number of imidazole rings is 1. The molecule has 2 N–H and O–H groups in total. The van der Waals surface area contributed by atoms with E-state index in [-0.39, 0.29) is 5.92 Å². The fourth-order valence-electron chi connectivity index (χ4n) is 2.12. The van der Waals surface area contributed by atoms with Gasteiger partial charge in [-0.1, -0.05) is 29.8 Å². The first-order valence-corrected chi connectivity index (χ1v) is 7.49. The van der Waals surface area contributed by atoms with Gasteiger partial charge in [-0.15, -0.1) is 0 Å². The summed E-state index contributed by atoms with van der Waals surface area (Å²) in [7, 11) is 0. The van der Waals surface area contributed by atoms with Crippen molar-refractivity contribution in [3.05, 3.63) is 28.5 Å². The quantitative estimate of drug-likeness (QED) is 0.842. The van der Waals surface area contributed by atoms with Crippen LogP contribution in [0, 0.1) is 5.92 Å². The van der Waals surface area contributed by atoms with Crippen molar-refractivity contribution in [3.8, 4) is 0 Å². The molecule has 1 atom stereocenters. The number of rotatable bonds is 4. The minimum Gasteiger partial charge on any atom is -0.340 e. The summed E-state index contributed by atoms with van der Waals surface area (Å²) in [6, 6.07) is 4.50. The molecule has 0 fully saturated rings. The van der Waals surface area contributed by atoms with Gasteiger partial charge in [0.25, 0.3) is 0 Å². The Morgan fingerprint density at radius 3 is 2.68 bits per heavy atom. The Morgan fingerprint density at radius 1 is 1.41 bits per heavy atom. The molecule has 0 unspecified atom stereocenters. The van der Waals surface area contributed by atoms with Crippen molar-refractivity contribution in [2.45, 2.75) is 32.5 Å². The molecule has 22 heavy (non-hydrogen) atoms. The second-order valence-corrected chi connectivity index (χ2v) is 6.35. The zero-order chi connectivity index (χ0) is 16.5. The lowest BCUT2D eigenvalue weighted by molar-refractivity contribution is -0.174. The number of carbonyl (C=O) groups excluding carboxylic acids is 1. The molecule has 2 rings (SSSR count). The fourth-order valence-corrected chi connectivity index (χ4v) is 2.48. The summed E-state index contributed by atoms with van der Waals surface area (Å²) in [5, 5.41) is 2.01.